The minimum Gasteiger partial charge on any atom is -0.480 e. The molecule has 1 atom stereocenters. The number of hydrogen-bond acceptors (Lipinski definition) is 3. The van der Waals surface area contributed by atoms with Gasteiger partial charge in [0.25, 0.3) is 0 Å². The lowest BCUT2D eigenvalue weighted by Gasteiger charge is -2.24. The molecule has 1 unspecified atom stereocenters. The number of carboxylic acids is 1. The highest BCUT2D eigenvalue weighted by Gasteiger charge is 2.42. The van der Waals surface area contributed by atoms with Crippen LogP contribution in [0.1, 0.15) is 19.8 Å². The molecule has 0 amide bonds. The molecule has 1 heterocycles. The summed E-state index contributed by atoms with van der Waals surface area (Å²) < 4.78 is 0. The smallest absolute Gasteiger partial charge is 0.326 e. The van der Waals surface area contributed by atoms with Gasteiger partial charge in [0.05, 0.1) is 0 Å². The third-order valence-electron chi connectivity index (χ3n) is 2.06. The minimum atomic E-state index is -1.04. The fourth-order valence-electron chi connectivity index (χ4n) is 1.17. The first-order valence-electron chi connectivity index (χ1n) is 3.27. The zero-order chi connectivity index (χ0) is 7.78. The van der Waals surface area contributed by atoms with Gasteiger partial charge in [-0.3, -0.25) is 4.79 Å². The average Bonchev–Trinajstić information content (AvgIpc) is 2.15. The zero-order valence-corrected chi connectivity index (χ0v) is 5.87. The van der Waals surface area contributed by atoms with Crippen LogP contribution in [0.4, 0.5) is 0 Å². The molecule has 0 bridgehead atoms. The van der Waals surface area contributed by atoms with Crippen LogP contribution in [0, 0.1) is 0 Å². The van der Waals surface area contributed by atoms with Crippen LogP contribution in [0.2, 0.25) is 0 Å². The Labute approximate surface area is 59.0 Å². The van der Waals surface area contributed by atoms with E-state index in [0.717, 1.165) is 11.5 Å². The summed E-state index contributed by atoms with van der Waals surface area (Å²) in [5.41, 5.74) is -1.04. The van der Waals surface area contributed by atoms with Crippen LogP contribution >= 0.6 is 0 Å². The van der Waals surface area contributed by atoms with E-state index in [4.69, 9.17) is 10.3 Å². The van der Waals surface area contributed by atoms with E-state index in [2.05, 4.69) is 0 Å². The second kappa shape index (κ2) is 2.21. The van der Waals surface area contributed by atoms with Crippen molar-refractivity contribution in [2.75, 3.05) is 6.54 Å². The van der Waals surface area contributed by atoms with Crippen LogP contribution in [-0.4, -0.2) is 33.4 Å². The first kappa shape index (κ1) is 7.50. The molecule has 2 N–H and O–H groups in total. The second-order valence-corrected chi connectivity index (χ2v) is 2.81. The van der Waals surface area contributed by atoms with Crippen molar-refractivity contribution < 1.29 is 15.1 Å². The second-order valence-electron chi connectivity index (χ2n) is 2.81. The van der Waals surface area contributed by atoms with Gasteiger partial charge in [0.1, 0.15) is 5.54 Å². The maximum absolute atomic E-state index is 10.5. The molecule has 0 aromatic rings. The Kier molecular flexibility index (Phi) is 1.66. The summed E-state index contributed by atoms with van der Waals surface area (Å²) >= 11 is 0. The maximum atomic E-state index is 10.5. The lowest BCUT2D eigenvalue weighted by atomic mass is 10.0. The van der Waals surface area contributed by atoms with Gasteiger partial charge in [-0.05, 0) is 19.8 Å². The van der Waals surface area contributed by atoms with E-state index in [1.54, 1.807) is 0 Å². The Morgan fingerprint density at radius 1 is 1.70 bits per heavy atom. The van der Waals surface area contributed by atoms with E-state index in [9.17, 15) is 4.79 Å². The van der Waals surface area contributed by atoms with Crippen LogP contribution in [0.5, 0.6) is 0 Å². The van der Waals surface area contributed by atoms with Crippen LogP contribution < -0.4 is 0 Å². The molecule has 0 spiro atoms. The largest absolute Gasteiger partial charge is 0.480 e. The normalized spacial score (nSPS) is 34.6. The van der Waals surface area contributed by atoms with Gasteiger partial charge in [0.15, 0.2) is 0 Å². The fraction of sp³-hybridized carbons (Fsp3) is 0.833. The fourth-order valence-corrected chi connectivity index (χ4v) is 1.17. The molecule has 1 saturated heterocycles. The third kappa shape index (κ3) is 0.892. The van der Waals surface area contributed by atoms with Crippen LogP contribution in [0.25, 0.3) is 0 Å². The maximum Gasteiger partial charge on any atom is 0.326 e. The van der Waals surface area contributed by atoms with E-state index >= 15 is 0 Å². The van der Waals surface area contributed by atoms with Crippen molar-refractivity contribution in [2.24, 2.45) is 0 Å². The first-order chi connectivity index (χ1) is 4.57. The minimum absolute atomic E-state index is 0.461. The van der Waals surface area contributed by atoms with Crippen molar-refractivity contribution in [3.05, 3.63) is 0 Å². The molecular formula is C6H11NO3. The molecule has 1 aliphatic heterocycles. The Balaban J connectivity index is 2.75. The van der Waals surface area contributed by atoms with Crippen molar-refractivity contribution >= 4 is 5.97 Å². The van der Waals surface area contributed by atoms with Crippen LogP contribution in [-0.2, 0) is 4.79 Å². The van der Waals surface area contributed by atoms with Gasteiger partial charge >= 0.3 is 5.97 Å². The Morgan fingerprint density at radius 2 is 2.30 bits per heavy atom. The van der Waals surface area contributed by atoms with Crippen molar-refractivity contribution in [2.45, 2.75) is 25.3 Å². The zero-order valence-electron chi connectivity index (χ0n) is 5.87. The van der Waals surface area contributed by atoms with Crippen LogP contribution in [0.15, 0.2) is 0 Å². The molecule has 0 saturated carbocycles. The topological polar surface area (TPSA) is 60.8 Å². The number of carboxylic acid groups (broad SMARTS) is 1. The monoisotopic (exact) mass is 145 g/mol. The highest BCUT2D eigenvalue weighted by atomic mass is 16.5. The number of rotatable bonds is 1. The summed E-state index contributed by atoms with van der Waals surface area (Å²) in [5, 5.41) is 18.6. The van der Waals surface area contributed by atoms with Gasteiger partial charge in [-0.15, -0.1) is 0 Å². The lowest BCUT2D eigenvalue weighted by Crippen LogP contribution is -2.45. The summed E-state index contributed by atoms with van der Waals surface area (Å²) in [6, 6.07) is 0. The summed E-state index contributed by atoms with van der Waals surface area (Å²) in [6.45, 7) is 1.99. The lowest BCUT2D eigenvalue weighted by molar-refractivity contribution is -0.180. The Morgan fingerprint density at radius 3 is 2.50 bits per heavy atom. The SMILES string of the molecule is CC1(C(=O)O)CCCN1O. The average molecular weight is 145 g/mol. The highest BCUT2D eigenvalue weighted by Crippen LogP contribution is 2.26. The van der Waals surface area contributed by atoms with Gasteiger partial charge in [0, 0.05) is 6.54 Å². The predicted molar refractivity (Wildman–Crippen MR) is 33.8 cm³/mol. The summed E-state index contributed by atoms with van der Waals surface area (Å²) in [7, 11) is 0. The van der Waals surface area contributed by atoms with Gasteiger partial charge in [-0.2, -0.15) is 5.06 Å². The van der Waals surface area contributed by atoms with E-state index in [1.165, 1.54) is 6.92 Å². The van der Waals surface area contributed by atoms with E-state index in [1.807, 2.05) is 0 Å². The molecule has 1 fully saturated rings. The molecule has 4 heteroatoms. The third-order valence-corrected chi connectivity index (χ3v) is 2.06. The molecule has 1 aliphatic rings. The molecule has 1 rings (SSSR count). The highest BCUT2D eigenvalue weighted by molar-refractivity contribution is 5.78. The molecule has 0 aromatic carbocycles. The first-order valence-corrected chi connectivity index (χ1v) is 3.27. The van der Waals surface area contributed by atoms with Crippen molar-refractivity contribution in [1.29, 1.82) is 0 Å². The van der Waals surface area contributed by atoms with E-state index in [-0.39, 0.29) is 0 Å². The van der Waals surface area contributed by atoms with Gasteiger partial charge in [-0.25, -0.2) is 0 Å². The molecule has 0 radical (unpaired) electrons. The predicted octanol–water partition coefficient (Wildman–Crippen LogP) is 0.315. The van der Waals surface area contributed by atoms with E-state index in [0.29, 0.717) is 13.0 Å². The standard InChI is InChI=1S/C6H11NO3/c1-6(5(8)9)3-2-4-7(6)10/h10H,2-4H2,1H3,(H,8,9). The summed E-state index contributed by atoms with van der Waals surface area (Å²) in [6.07, 6.45) is 1.28. The quantitative estimate of drug-likeness (QED) is 0.557. The molecule has 58 valence electrons. The number of aliphatic carboxylic acids is 1. The number of carbonyl (C=O) groups is 1. The van der Waals surface area contributed by atoms with Crippen molar-refractivity contribution in [1.82, 2.24) is 5.06 Å². The number of hydrogen-bond donors (Lipinski definition) is 2. The Bertz CT molecular complexity index is 159. The molecule has 0 aromatic heterocycles. The van der Waals surface area contributed by atoms with Gasteiger partial charge < -0.3 is 10.3 Å². The molecule has 10 heavy (non-hydrogen) atoms. The molecule has 0 aliphatic carbocycles. The summed E-state index contributed by atoms with van der Waals surface area (Å²) in [5.74, 6) is -0.951. The molecule has 4 nitrogen and oxygen atoms in total. The number of hydroxylamine groups is 2. The Hall–Kier alpha value is -0.610. The van der Waals surface area contributed by atoms with Crippen molar-refractivity contribution in [3.63, 3.8) is 0 Å². The van der Waals surface area contributed by atoms with E-state index < -0.39 is 11.5 Å². The summed E-state index contributed by atoms with van der Waals surface area (Å²) in [4.78, 5) is 10.5. The van der Waals surface area contributed by atoms with Crippen molar-refractivity contribution in [3.8, 4) is 0 Å². The molecular weight excluding hydrogens is 134 g/mol. The van der Waals surface area contributed by atoms with Gasteiger partial charge in [0.2, 0.25) is 0 Å². The van der Waals surface area contributed by atoms with Crippen LogP contribution in [0.3, 0.4) is 0 Å². The van der Waals surface area contributed by atoms with Gasteiger partial charge in [-0.1, -0.05) is 0 Å². The number of nitrogens with zero attached hydrogens (tertiary/aromatic N) is 1.